The minimum Gasteiger partial charge on any atom is -0.496 e. The molecular weight excluding hydrogens is 295 g/mol. The largest absolute Gasteiger partial charge is 0.496 e. The van der Waals surface area contributed by atoms with Crippen LogP contribution in [0.5, 0.6) is 5.75 Å². The maximum absolute atomic E-state index is 13.5. The molecule has 2 rings (SSSR count). The van der Waals surface area contributed by atoms with Crippen molar-refractivity contribution in [3.05, 3.63) is 48.0 Å². The number of amides is 1. The van der Waals surface area contributed by atoms with Crippen molar-refractivity contribution in [2.45, 2.75) is 20.3 Å². The normalized spacial score (nSPS) is 10.7. The molecule has 0 aliphatic heterocycles. The molecule has 1 N–H and O–H groups in total. The van der Waals surface area contributed by atoms with Gasteiger partial charge >= 0.3 is 0 Å². The van der Waals surface area contributed by atoms with Gasteiger partial charge in [-0.05, 0) is 36.6 Å². The van der Waals surface area contributed by atoms with E-state index in [1.54, 1.807) is 18.3 Å². The van der Waals surface area contributed by atoms with E-state index in [9.17, 15) is 9.18 Å². The number of halogens is 1. The Kier molecular flexibility index (Phi) is 5.68. The molecule has 0 bridgehead atoms. The zero-order valence-corrected chi connectivity index (χ0v) is 13.6. The summed E-state index contributed by atoms with van der Waals surface area (Å²) < 4.78 is 18.8. The van der Waals surface area contributed by atoms with Crippen LogP contribution in [0.4, 0.5) is 4.39 Å². The third kappa shape index (κ3) is 4.52. The molecule has 0 radical (unpaired) electrons. The average molecular weight is 316 g/mol. The number of carbonyl (C=O) groups is 1. The lowest BCUT2D eigenvalue weighted by Crippen LogP contribution is -2.25. The Bertz CT molecular complexity index is 686. The molecule has 23 heavy (non-hydrogen) atoms. The average Bonchev–Trinajstić information content (AvgIpc) is 2.54. The first-order valence-electron chi connectivity index (χ1n) is 7.58. The van der Waals surface area contributed by atoms with Crippen molar-refractivity contribution in [2.24, 2.45) is 5.92 Å². The number of nitrogens with zero attached hydrogens (tertiary/aromatic N) is 1. The summed E-state index contributed by atoms with van der Waals surface area (Å²) in [6, 6.07) is 5.95. The number of ether oxygens (including phenoxy) is 1. The smallest absolute Gasteiger partial charge is 0.252 e. The maximum Gasteiger partial charge on any atom is 0.252 e. The van der Waals surface area contributed by atoms with Gasteiger partial charge in [0.15, 0.2) is 0 Å². The van der Waals surface area contributed by atoms with Crippen molar-refractivity contribution in [3.63, 3.8) is 0 Å². The molecule has 0 saturated heterocycles. The molecule has 122 valence electrons. The molecule has 0 aliphatic rings. The van der Waals surface area contributed by atoms with Crippen LogP contribution in [0.1, 0.15) is 30.6 Å². The number of carbonyl (C=O) groups excluding carboxylic acids is 1. The third-order valence-corrected chi connectivity index (χ3v) is 3.48. The number of hydrogen-bond acceptors (Lipinski definition) is 3. The van der Waals surface area contributed by atoms with Crippen LogP contribution in [0.25, 0.3) is 11.1 Å². The maximum atomic E-state index is 13.5. The van der Waals surface area contributed by atoms with E-state index in [-0.39, 0.29) is 11.7 Å². The number of aromatic nitrogens is 1. The fraction of sp³-hybridized carbons (Fsp3) is 0.333. The van der Waals surface area contributed by atoms with E-state index in [2.05, 4.69) is 24.1 Å². The quantitative estimate of drug-likeness (QED) is 0.884. The Balaban J connectivity index is 2.23. The molecule has 1 heterocycles. The molecule has 0 aliphatic carbocycles. The van der Waals surface area contributed by atoms with Crippen molar-refractivity contribution in [2.75, 3.05) is 13.7 Å². The van der Waals surface area contributed by atoms with E-state index in [1.165, 1.54) is 25.4 Å². The molecule has 5 heteroatoms. The van der Waals surface area contributed by atoms with E-state index in [0.717, 1.165) is 6.42 Å². The van der Waals surface area contributed by atoms with Gasteiger partial charge in [0.1, 0.15) is 11.6 Å². The Hall–Kier alpha value is -2.43. The Morgan fingerprint density at radius 2 is 2.09 bits per heavy atom. The van der Waals surface area contributed by atoms with Crippen LogP contribution in [-0.2, 0) is 0 Å². The van der Waals surface area contributed by atoms with E-state index in [0.29, 0.717) is 34.9 Å². The molecule has 0 unspecified atom stereocenters. The van der Waals surface area contributed by atoms with Gasteiger partial charge in [-0.2, -0.15) is 0 Å². The zero-order chi connectivity index (χ0) is 16.8. The van der Waals surface area contributed by atoms with Crippen LogP contribution in [0, 0.1) is 11.7 Å². The third-order valence-electron chi connectivity index (χ3n) is 3.48. The Morgan fingerprint density at radius 1 is 1.30 bits per heavy atom. The minimum absolute atomic E-state index is 0.185. The van der Waals surface area contributed by atoms with Gasteiger partial charge in [0, 0.05) is 30.1 Å². The van der Waals surface area contributed by atoms with Crippen LogP contribution in [-0.4, -0.2) is 24.5 Å². The molecule has 0 saturated carbocycles. The minimum atomic E-state index is -0.368. The summed E-state index contributed by atoms with van der Waals surface area (Å²) in [5.74, 6) is 0.504. The lowest BCUT2D eigenvalue weighted by Gasteiger charge is -2.10. The van der Waals surface area contributed by atoms with Crippen LogP contribution < -0.4 is 10.1 Å². The topological polar surface area (TPSA) is 51.2 Å². The second-order valence-corrected chi connectivity index (χ2v) is 5.75. The second kappa shape index (κ2) is 7.72. The Labute approximate surface area is 135 Å². The van der Waals surface area contributed by atoms with Gasteiger partial charge < -0.3 is 10.1 Å². The van der Waals surface area contributed by atoms with Crippen LogP contribution in [0.15, 0.2) is 36.7 Å². The molecule has 0 spiro atoms. The summed E-state index contributed by atoms with van der Waals surface area (Å²) >= 11 is 0. The number of pyridine rings is 1. The molecule has 0 fully saturated rings. The van der Waals surface area contributed by atoms with Gasteiger partial charge in [-0.3, -0.25) is 9.78 Å². The fourth-order valence-corrected chi connectivity index (χ4v) is 2.19. The summed E-state index contributed by atoms with van der Waals surface area (Å²) in [6.45, 7) is 4.82. The van der Waals surface area contributed by atoms with Crippen molar-refractivity contribution < 1.29 is 13.9 Å². The summed E-state index contributed by atoms with van der Waals surface area (Å²) in [6.07, 6.45) is 4.00. The molecule has 1 aromatic heterocycles. The standard InChI is InChI=1S/C18H21FN2O2/c1-12(2)6-7-21-18(22)14-8-13(10-20-11-14)16-9-15(19)4-5-17(16)23-3/h4-5,8-12H,6-7H2,1-3H3,(H,21,22). The SMILES string of the molecule is COc1ccc(F)cc1-c1cncc(C(=O)NCCC(C)C)c1. The molecule has 1 aromatic carbocycles. The monoisotopic (exact) mass is 316 g/mol. The van der Waals surface area contributed by atoms with Crippen molar-refractivity contribution in [1.29, 1.82) is 0 Å². The Morgan fingerprint density at radius 3 is 2.78 bits per heavy atom. The first-order chi connectivity index (χ1) is 11.0. The number of benzene rings is 1. The first-order valence-corrected chi connectivity index (χ1v) is 7.58. The van der Waals surface area contributed by atoms with Crippen molar-refractivity contribution >= 4 is 5.91 Å². The summed E-state index contributed by atoms with van der Waals surface area (Å²) in [5.41, 5.74) is 1.65. The van der Waals surface area contributed by atoms with E-state index < -0.39 is 0 Å². The lowest BCUT2D eigenvalue weighted by molar-refractivity contribution is 0.0951. The van der Waals surface area contributed by atoms with Crippen molar-refractivity contribution in [3.8, 4) is 16.9 Å². The van der Waals surface area contributed by atoms with Gasteiger partial charge in [-0.25, -0.2) is 4.39 Å². The molecule has 1 amide bonds. The van der Waals surface area contributed by atoms with Gasteiger partial charge in [0.25, 0.3) is 5.91 Å². The highest BCUT2D eigenvalue weighted by atomic mass is 19.1. The zero-order valence-electron chi connectivity index (χ0n) is 13.6. The predicted octanol–water partition coefficient (Wildman–Crippen LogP) is 3.67. The predicted molar refractivity (Wildman–Crippen MR) is 88.0 cm³/mol. The highest BCUT2D eigenvalue weighted by Gasteiger charge is 2.11. The fourth-order valence-electron chi connectivity index (χ4n) is 2.19. The van der Waals surface area contributed by atoms with E-state index in [4.69, 9.17) is 4.74 Å². The molecule has 4 nitrogen and oxygen atoms in total. The first kappa shape index (κ1) is 16.9. The lowest BCUT2D eigenvalue weighted by atomic mass is 10.0. The van der Waals surface area contributed by atoms with Crippen molar-refractivity contribution in [1.82, 2.24) is 10.3 Å². The van der Waals surface area contributed by atoms with Gasteiger partial charge in [0.2, 0.25) is 0 Å². The summed E-state index contributed by atoms with van der Waals surface area (Å²) in [7, 11) is 1.52. The molecule has 0 atom stereocenters. The number of nitrogens with one attached hydrogen (secondary N) is 1. The number of rotatable bonds is 6. The van der Waals surface area contributed by atoms with Crippen LogP contribution >= 0.6 is 0 Å². The summed E-state index contributed by atoms with van der Waals surface area (Å²) in [5, 5.41) is 2.86. The second-order valence-electron chi connectivity index (χ2n) is 5.75. The number of methoxy groups -OCH3 is 1. The highest BCUT2D eigenvalue weighted by Crippen LogP contribution is 2.30. The number of hydrogen-bond donors (Lipinski definition) is 1. The summed E-state index contributed by atoms with van der Waals surface area (Å²) in [4.78, 5) is 16.3. The highest BCUT2D eigenvalue weighted by molar-refractivity contribution is 5.95. The van der Waals surface area contributed by atoms with E-state index >= 15 is 0 Å². The van der Waals surface area contributed by atoms with Gasteiger partial charge in [0.05, 0.1) is 12.7 Å². The van der Waals surface area contributed by atoms with Crippen LogP contribution in [0.3, 0.4) is 0 Å². The van der Waals surface area contributed by atoms with Crippen LogP contribution in [0.2, 0.25) is 0 Å². The van der Waals surface area contributed by atoms with E-state index in [1.807, 2.05) is 0 Å². The molecular formula is C18H21FN2O2. The van der Waals surface area contributed by atoms with Gasteiger partial charge in [-0.1, -0.05) is 13.8 Å². The van der Waals surface area contributed by atoms with Gasteiger partial charge in [-0.15, -0.1) is 0 Å². The molecule has 2 aromatic rings.